The van der Waals surface area contributed by atoms with Crippen LogP contribution < -0.4 is 0 Å². The molecule has 0 aliphatic heterocycles. The standard InChI is InChI=1S/C11H14O2S/c1-8(11(12)13)10(14)7-9-5-3-2-4-6-9/h2-6,8,10,14H,7H2,1H3,(H,12,13). The van der Waals surface area contributed by atoms with E-state index in [9.17, 15) is 4.79 Å². The van der Waals surface area contributed by atoms with Crippen molar-refractivity contribution in [3.05, 3.63) is 35.9 Å². The van der Waals surface area contributed by atoms with E-state index in [0.717, 1.165) is 5.56 Å². The normalized spacial score (nSPS) is 14.7. The van der Waals surface area contributed by atoms with Crippen molar-refractivity contribution in [2.24, 2.45) is 5.92 Å². The molecule has 0 saturated heterocycles. The number of aliphatic carboxylic acids is 1. The average molecular weight is 210 g/mol. The van der Waals surface area contributed by atoms with Gasteiger partial charge in [-0.1, -0.05) is 37.3 Å². The SMILES string of the molecule is CC(C(=O)O)C(S)Cc1ccccc1. The first kappa shape index (κ1) is 11.1. The maximum atomic E-state index is 10.7. The fraction of sp³-hybridized carbons (Fsp3) is 0.364. The van der Waals surface area contributed by atoms with Crippen LogP contribution in [0.2, 0.25) is 0 Å². The Kier molecular flexibility index (Phi) is 4.01. The molecule has 0 aliphatic carbocycles. The van der Waals surface area contributed by atoms with Gasteiger partial charge in [-0.2, -0.15) is 12.6 Å². The van der Waals surface area contributed by atoms with Crippen LogP contribution in [0.25, 0.3) is 0 Å². The Bertz CT molecular complexity index is 297. The Hall–Kier alpha value is -0.960. The van der Waals surface area contributed by atoms with Crippen LogP contribution in [0.3, 0.4) is 0 Å². The molecule has 0 saturated carbocycles. The van der Waals surface area contributed by atoms with E-state index in [1.807, 2.05) is 30.3 Å². The molecule has 0 aromatic heterocycles. The van der Waals surface area contributed by atoms with Crippen LogP contribution >= 0.6 is 12.6 Å². The van der Waals surface area contributed by atoms with Crippen molar-refractivity contribution < 1.29 is 9.90 Å². The number of thiol groups is 1. The molecule has 1 rings (SSSR count). The Morgan fingerprint density at radius 1 is 1.43 bits per heavy atom. The molecule has 2 atom stereocenters. The van der Waals surface area contributed by atoms with E-state index in [2.05, 4.69) is 12.6 Å². The number of carboxylic acid groups (broad SMARTS) is 1. The molecule has 0 fully saturated rings. The summed E-state index contributed by atoms with van der Waals surface area (Å²) in [7, 11) is 0. The molecule has 0 bridgehead atoms. The first-order chi connectivity index (χ1) is 6.61. The van der Waals surface area contributed by atoms with E-state index in [0.29, 0.717) is 6.42 Å². The summed E-state index contributed by atoms with van der Waals surface area (Å²) in [5.74, 6) is -1.21. The Balaban J connectivity index is 2.57. The minimum Gasteiger partial charge on any atom is -0.481 e. The predicted octanol–water partition coefficient (Wildman–Crippen LogP) is 2.25. The molecule has 14 heavy (non-hydrogen) atoms. The van der Waals surface area contributed by atoms with Gasteiger partial charge in [-0.3, -0.25) is 4.79 Å². The van der Waals surface area contributed by atoms with Gasteiger partial charge in [-0.15, -0.1) is 0 Å². The third kappa shape index (κ3) is 3.07. The van der Waals surface area contributed by atoms with E-state index in [4.69, 9.17) is 5.11 Å². The van der Waals surface area contributed by atoms with Gasteiger partial charge in [0.05, 0.1) is 5.92 Å². The maximum absolute atomic E-state index is 10.7. The summed E-state index contributed by atoms with van der Waals surface area (Å²) in [6.45, 7) is 1.68. The van der Waals surface area contributed by atoms with Crippen molar-refractivity contribution in [3.8, 4) is 0 Å². The quantitative estimate of drug-likeness (QED) is 0.748. The number of rotatable bonds is 4. The summed E-state index contributed by atoms with van der Waals surface area (Å²) in [4.78, 5) is 10.7. The molecule has 3 heteroatoms. The average Bonchev–Trinajstić information content (AvgIpc) is 2.18. The second-order valence-electron chi connectivity index (χ2n) is 3.38. The van der Waals surface area contributed by atoms with Crippen LogP contribution in [-0.2, 0) is 11.2 Å². The maximum Gasteiger partial charge on any atom is 0.307 e. The first-order valence-electron chi connectivity index (χ1n) is 4.56. The molecule has 76 valence electrons. The van der Waals surface area contributed by atoms with Crippen LogP contribution in [0.1, 0.15) is 12.5 Å². The van der Waals surface area contributed by atoms with Crippen LogP contribution in [0.5, 0.6) is 0 Å². The highest BCUT2D eigenvalue weighted by molar-refractivity contribution is 7.81. The summed E-state index contributed by atoms with van der Waals surface area (Å²) < 4.78 is 0. The number of carbonyl (C=O) groups is 1. The van der Waals surface area contributed by atoms with Gasteiger partial charge in [0, 0.05) is 5.25 Å². The number of hydrogen-bond donors (Lipinski definition) is 2. The molecular formula is C11H14O2S. The Morgan fingerprint density at radius 2 is 2.00 bits per heavy atom. The zero-order valence-electron chi connectivity index (χ0n) is 8.05. The van der Waals surface area contributed by atoms with Crippen LogP contribution in [0.4, 0.5) is 0 Å². The van der Waals surface area contributed by atoms with Gasteiger partial charge in [0.25, 0.3) is 0 Å². The zero-order chi connectivity index (χ0) is 10.6. The lowest BCUT2D eigenvalue weighted by molar-refractivity contribution is -0.141. The lowest BCUT2D eigenvalue weighted by Crippen LogP contribution is -2.22. The highest BCUT2D eigenvalue weighted by Gasteiger charge is 2.19. The first-order valence-corrected chi connectivity index (χ1v) is 5.07. The van der Waals surface area contributed by atoms with Gasteiger partial charge in [-0.05, 0) is 12.0 Å². The molecule has 0 aliphatic rings. The van der Waals surface area contributed by atoms with Crippen molar-refractivity contribution in [2.45, 2.75) is 18.6 Å². The van der Waals surface area contributed by atoms with Gasteiger partial charge in [0.1, 0.15) is 0 Å². The fourth-order valence-corrected chi connectivity index (χ4v) is 1.54. The molecule has 2 unspecified atom stereocenters. The van der Waals surface area contributed by atoms with Crippen molar-refractivity contribution in [2.75, 3.05) is 0 Å². The molecule has 0 heterocycles. The lowest BCUT2D eigenvalue weighted by Gasteiger charge is -2.14. The summed E-state index contributed by atoms with van der Waals surface area (Å²) in [6.07, 6.45) is 0.692. The van der Waals surface area contributed by atoms with E-state index in [1.165, 1.54) is 0 Å². The summed E-state index contributed by atoms with van der Waals surface area (Å²) >= 11 is 4.29. The highest BCUT2D eigenvalue weighted by atomic mass is 32.1. The van der Waals surface area contributed by atoms with Gasteiger partial charge in [-0.25, -0.2) is 0 Å². The van der Waals surface area contributed by atoms with E-state index in [-0.39, 0.29) is 5.25 Å². The molecule has 0 radical (unpaired) electrons. The van der Waals surface area contributed by atoms with Gasteiger partial charge in [0.2, 0.25) is 0 Å². The third-order valence-corrected chi connectivity index (χ3v) is 2.88. The van der Waals surface area contributed by atoms with Crippen molar-refractivity contribution in [1.29, 1.82) is 0 Å². The molecule has 1 aromatic carbocycles. The molecule has 1 N–H and O–H groups in total. The number of benzene rings is 1. The van der Waals surface area contributed by atoms with E-state index >= 15 is 0 Å². The molecule has 0 spiro atoms. The van der Waals surface area contributed by atoms with Crippen LogP contribution in [-0.4, -0.2) is 16.3 Å². The molecule has 0 amide bonds. The number of carboxylic acids is 1. The summed E-state index contributed by atoms with van der Waals surface area (Å²) in [5, 5.41) is 8.65. The van der Waals surface area contributed by atoms with Crippen LogP contribution in [0.15, 0.2) is 30.3 Å². The second-order valence-corrected chi connectivity index (χ2v) is 4.05. The molecule has 2 nitrogen and oxygen atoms in total. The second kappa shape index (κ2) is 5.05. The smallest absolute Gasteiger partial charge is 0.307 e. The van der Waals surface area contributed by atoms with Crippen molar-refractivity contribution in [3.63, 3.8) is 0 Å². The van der Waals surface area contributed by atoms with Gasteiger partial charge >= 0.3 is 5.97 Å². The molecule has 1 aromatic rings. The van der Waals surface area contributed by atoms with Gasteiger partial charge in [0.15, 0.2) is 0 Å². The van der Waals surface area contributed by atoms with Crippen LogP contribution in [0, 0.1) is 5.92 Å². The summed E-state index contributed by atoms with van der Waals surface area (Å²) in [5.41, 5.74) is 1.13. The highest BCUT2D eigenvalue weighted by Crippen LogP contribution is 2.15. The minimum absolute atomic E-state index is 0.130. The monoisotopic (exact) mass is 210 g/mol. The summed E-state index contributed by atoms with van der Waals surface area (Å²) in [6, 6.07) is 9.80. The van der Waals surface area contributed by atoms with Gasteiger partial charge < -0.3 is 5.11 Å². The lowest BCUT2D eigenvalue weighted by atomic mass is 10.0. The van der Waals surface area contributed by atoms with Crippen molar-refractivity contribution in [1.82, 2.24) is 0 Å². The number of hydrogen-bond acceptors (Lipinski definition) is 2. The van der Waals surface area contributed by atoms with E-state index < -0.39 is 11.9 Å². The molecular weight excluding hydrogens is 196 g/mol. The minimum atomic E-state index is -0.791. The zero-order valence-corrected chi connectivity index (χ0v) is 8.95. The topological polar surface area (TPSA) is 37.3 Å². The third-order valence-electron chi connectivity index (χ3n) is 2.25. The van der Waals surface area contributed by atoms with Crippen molar-refractivity contribution >= 4 is 18.6 Å². The van der Waals surface area contributed by atoms with E-state index in [1.54, 1.807) is 6.92 Å². The Morgan fingerprint density at radius 3 is 2.50 bits per heavy atom. The fourth-order valence-electron chi connectivity index (χ4n) is 1.20. The largest absolute Gasteiger partial charge is 0.481 e. The Labute approximate surface area is 89.4 Å². The predicted molar refractivity (Wildman–Crippen MR) is 59.7 cm³/mol.